The monoisotopic (exact) mass is 452 g/mol. The van der Waals surface area contributed by atoms with Gasteiger partial charge in [-0.25, -0.2) is 4.68 Å². The standard InChI is InChI=1S/C17H12F6N4OS.H2O/c1-2-29(28)14-7-11(17(21,22)23)8-24-15(14)13-9-27(26-25-13)12-5-3-10(4-6-12)16(18,19)20;/h3-9H,2H2,1H3;1H2. The number of alkyl halides is 6. The number of aromatic nitrogens is 4. The van der Waals surface area contributed by atoms with E-state index in [9.17, 15) is 30.6 Å². The Hall–Kier alpha value is -2.80. The van der Waals surface area contributed by atoms with E-state index in [0.717, 1.165) is 22.9 Å². The largest absolute Gasteiger partial charge is 0.417 e. The summed E-state index contributed by atoms with van der Waals surface area (Å²) in [4.78, 5) is 3.61. The third kappa shape index (κ3) is 4.84. The Bertz CT molecular complexity index is 1050. The number of pyridine rings is 1. The number of benzene rings is 1. The molecule has 0 radical (unpaired) electrons. The van der Waals surface area contributed by atoms with Crippen LogP contribution in [0.4, 0.5) is 26.3 Å². The average Bonchev–Trinajstić information content (AvgIpc) is 3.15. The first-order valence-electron chi connectivity index (χ1n) is 8.06. The summed E-state index contributed by atoms with van der Waals surface area (Å²) >= 11 is 0. The quantitative estimate of drug-likeness (QED) is 0.565. The highest BCUT2D eigenvalue weighted by Crippen LogP contribution is 2.33. The molecule has 1 aromatic carbocycles. The molecule has 3 aromatic rings. The summed E-state index contributed by atoms with van der Waals surface area (Å²) in [6, 6.07) is 4.83. The van der Waals surface area contributed by atoms with Gasteiger partial charge in [0.25, 0.3) is 0 Å². The Labute approximate surface area is 168 Å². The number of halogens is 6. The van der Waals surface area contributed by atoms with Gasteiger partial charge in [0.05, 0.1) is 38.7 Å². The Morgan fingerprint density at radius 1 is 1.00 bits per heavy atom. The third-order valence-corrected chi connectivity index (χ3v) is 5.21. The fraction of sp³-hybridized carbons (Fsp3) is 0.235. The fourth-order valence-electron chi connectivity index (χ4n) is 2.42. The van der Waals surface area contributed by atoms with Crippen molar-refractivity contribution in [3.63, 3.8) is 0 Å². The van der Waals surface area contributed by atoms with E-state index in [1.54, 1.807) is 6.92 Å². The Morgan fingerprint density at radius 2 is 1.60 bits per heavy atom. The van der Waals surface area contributed by atoms with E-state index < -0.39 is 34.3 Å². The molecule has 2 N–H and O–H groups in total. The molecule has 0 spiro atoms. The number of nitrogens with zero attached hydrogens (tertiary/aromatic N) is 4. The van der Waals surface area contributed by atoms with Gasteiger partial charge in [0.1, 0.15) is 11.4 Å². The first-order chi connectivity index (χ1) is 13.5. The second-order valence-electron chi connectivity index (χ2n) is 5.80. The van der Waals surface area contributed by atoms with Gasteiger partial charge in [0, 0.05) is 11.9 Å². The van der Waals surface area contributed by atoms with Gasteiger partial charge in [-0.2, -0.15) is 26.3 Å². The lowest BCUT2D eigenvalue weighted by atomic mass is 10.2. The average molecular weight is 452 g/mol. The van der Waals surface area contributed by atoms with Crippen LogP contribution in [0.15, 0.2) is 47.6 Å². The summed E-state index contributed by atoms with van der Waals surface area (Å²) in [5.41, 5.74) is -1.65. The zero-order chi connectivity index (χ0) is 21.4. The second kappa shape index (κ2) is 8.52. The van der Waals surface area contributed by atoms with E-state index in [-0.39, 0.29) is 33.2 Å². The zero-order valence-corrected chi connectivity index (χ0v) is 15.9. The molecule has 2 heterocycles. The molecule has 0 saturated heterocycles. The van der Waals surface area contributed by atoms with Crippen LogP contribution in [0.25, 0.3) is 17.1 Å². The predicted molar refractivity (Wildman–Crippen MR) is 95.2 cm³/mol. The van der Waals surface area contributed by atoms with Crippen LogP contribution in [0.3, 0.4) is 0 Å². The van der Waals surface area contributed by atoms with Crippen LogP contribution in [-0.4, -0.2) is 35.4 Å². The maximum atomic E-state index is 13.0. The molecule has 1 atom stereocenters. The maximum Gasteiger partial charge on any atom is 0.417 e. The van der Waals surface area contributed by atoms with Crippen LogP contribution in [0.2, 0.25) is 0 Å². The zero-order valence-electron chi connectivity index (χ0n) is 15.1. The van der Waals surface area contributed by atoms with Gasteiger partial charge < -0.3 is 5.48 Å². The normalized spacial score (nSPS) is 13.0. The van der Waals surface area contributed by atoms with Crippen molar-refractivity contribution in [1.82, 2.24) is 20.0 Å². The van der Waals surface area contributed by atoms with E-state index in [1.165, 1.54) is 18.3 Å². The Balaban J connectivity index is 0.00000320. The lowest BCUT2D eigenvalue weighted by molar-refractivity contribution is -0.138. The van der Waals surface area contributed by atoms with Crippen LogP contribution < -0.4 is 0 Å². The molecule has 0 fully saturated rings. The van der Waals surface area contributed by atoms with Gasteiger partial charge in [-0.05, 0) is 30.3 Å². The minimum atomic E-state index is -4.66. The summed E-state index contributed by atoms with van der Waals surface area (Å²) in [7, 11) is -1.76. The minimum Gasteiger partial charge on any atom is -0.412 e. The van der Waals surface area contributed by atoms with Crippen molar-refractivity contribution in [2.75, 3.05) is 5.75 Å². The fourth-order valence-corrected chi connectivity index (χ4v) is 3.37. The smallest absolute Gasteiger partial charge is 0.412 e. The molecule has 2 aromatic heterocycles. The van der Waals surface area contributed by atoms with Crippen molar-refractivity contribution in [2.45, 2.75) is 24.2 Å². The second-order valence-corrected chi connectivity index (χ2v) is 7.50. The van der Waals surface area contributed by atoms with Gasteiger partial charge >= 0.3 is 12.4 Å². The van der Waals surface area contributed by atoms with E-state index >= 15 is 0 Å². The summed E-state index contributed by atoms with van der Waals surface area (Å²) in [5, 5.41) is 7.59. The highest BCUT2D eigenvalue weighted by molar-refractivity contribution is 7.85. The van der Waals surface area contributed by atoms with Gasteiger partial charge in [-0.15, -0.1) is 5.10 Å². The molecular weight excluding hydrogens is 438 g/mol. The summed E-state index contributed by atoms with van der Waals surface area (Å²) < 4.78 is 90.3. The summed E-state index contributed by atoms with van der Waals surface area (Å²) in [5.74, 6) is 0.0586. The van der Waals surface area contributed by atoms with Gasteiger partial charge in [0.15, 0.2) is 0 Å². The molecule has 162 valence electrons. The number of hydrogen-bond acceptors (Lipinski definition) is 4. The third-order valence-electron chi connectivity index (χ3n) is 3.88. The van der Waals surface area contributed by atoms with Crippen LogP contribution in [0.1, 0.15) is 18.1 Å². The van der Waals surface area contributed by atoms with Crippen LogP contribution >= 0.6 is 0 Å². The molecule has 0 aliphatic carbocycles. The minimum absolute atomic E-state index is 0. The predicted octanol–water partition coefficient (Wildman–Crippen LogP) is 3.67. The highest BCUT2D eigenvalue weighted by Gasteiger charge is 2.33. The highest BCUT2D eigenvalue weighted by atomic mass is 32.2. The number of hydrogen-bond donors (Lipinski definition) is 0. The van der Waals surface area contributed by atoms with Crippen molar-refractivity contribution < 1.29 is 36.0 Å². The molecule has 1 unspecified atom stereocenters. The van der Waals surface area contributed by atoms with E-state index in [0.29, 0.717) is 6.20 Å². The summed E-state index contributed by atoms with van der Waals surface area (Å²) in [6.45, 7) is 1.54. The number of rotatable bonds is 4. The molecule has 6 nitrogen and oxygen atoms in total. The van der Waals surface area contributed by atoms with Crippen LogP contribution in [0.5, 0.6) is 0 Å². The van der Waals surface area contributed by atoms with E-state index in [1.807, 2.05) is 0 Å². The molecule has 0 bridgehead atoms. The molecular formula is C17H14F6N4O2S. The van der Waals surface area contributed by atoms with Crippen molar-refractivity contribution >= 4 is 10.8 Å². The molecule has 0 amide bonds. The molecule has 0 aliphatic rings. The van der Waals surface area contributed by atoms with Gasteiger partial charge in [-0.1, -0.05) is 12.1 Å². The van der Waals surface area contributed by atoms with Crippen molar-refractivity contribution in [2.24, 2.45) is 0 Å². The SMILES string of the molecule is CCS(=O)c1cc(C(F)(F)F)cnc1-c1cn(-c2ccc(C(F)(F)F)cc2)nn1.O. The Kier molecular flexibility index (Phi) is 6.67. The maximum absolute atomic E-state index is 13.0. The Morgan fingerprint density at radius 3 is 2.13 bits per heavy atom. The van der Waals surface area contributed by atoms with Crippen LogP contribution in [0, 0.1) is 0 Å². The molecule has 0 aliphatic heterocycles. The first-order valence-corrected chi connectivity index (χ1v) is 9.38. The van der Waals surface area contributed by atoms with E-state index in [4.69, 9.17) is 0 Å². The summed E-state index contributed by atoms with van der Waals surface area (Å²) in [6.07, 6.45) is -7.26. The van der Waals surface area contributed by atoms with Gasteiger partial charge in [0.2, 0.25) is 0 Å². The van der Waals surface area contributed by atoms with Crippen LogP contribution in [-0.2, 0) is 23.2 Å². The van der Waals surface area contributed by atoms with E-state index in [2.05, 4.69) is 15.3 Å². The van der Waals surface area contributed by atoms with Crippen molar-refractivity contribution in [1.29, 1.82) is 0 Å². The lowest BCUT2D eigenvalue weighted by Gasteiger charge is -2.10. The topological polar surface area (TPSA) is 92.2 Å². The molecule has 13 heteroatoms. The molecule has 3 rings (SSSR count). The molecule has 30 heavy (non-hydrogen) atoms. The first kappa shape index (κ1) is 23.5. The van der Waals surface area contributed by atoms with Crippen molar-refractivity contribution in [3.05, 3.63) is 53.9 Å². The van der Waals surface area contributed by atoms with Gasteiger partial charge in [-0.3, -0.25) is 9.19 Å². The lowest BCUT2D eigenvalue weighted by Crippen LogP contribution is -2.09. The van der Waals surface area contributed by atoms with Crippen molar-refractivity contribution in [3.8, 4) is 17.1 Å². The molecule has 0 saturated carbocycles.